The van der Waals surface area contributed by atoms with Crippen LogP contribution in [0.5, 0.6) is 0 Å². The number of nitrogens with one attached hydrogen (secondary N) is 2. The van der Waals surface area contributed by atoms with E-state index in [1.165, 1.54) is 34.1 Å². The average Bonchev–Trinajstić information content (AvgIpc) is 4.06. The molecule has 9 nitrogen and oxygen atoms in total. The van der Waals surface area contributed by atoms with Crippen LogP contribution in [-0.4, -0.2) is 69.0 Å². The Morgan fingerprint density at radius 3 is 1.91 bits per heavy atom. The van der Waals surface area contributed by atoms with E-state index in [0.717, 1.165) is 49.5 Å². The molecule has 1 aromatic heterocycles. The van der Waals surface area contributed by atoms with Crippen molar-refractivity contribution in [1.82, 2.24) is 20.5 Å². The quantitative estimate of drug-likeness (QED) is 0.0929. The third-order valence-corrected chi connectivity index (χ3v) is 15.6. The van der Waals surface area contributed by atoms with Gasteiger partial charge < -0.3 is 25.4 Å². The van der Waals surface area contributed by atoms with Crippen LogP contribution in [0.25, 0.3) is 21.6 Å². The Morgan fingerprint density at radius 2 is 1.37 bits per heavy atom. The first-order valence-corrected chi connectivity index (χ1v) is 24.1. The van der Waals surface area contributed by atoms with Crippen LogP contribution >= 0.6 is 23.1 Å². The van der Waals surface area contributed by atoms with E-state index in [9.17, 15) is 14.7 Å². The van der Waals surface area contributed by atoms with Gasteiger partial charge in [0.2, 0.25) is 11.8 Å². The number of aromatic nitrogens is 1. The number of amides is 3. The van der Waals surface area contributed by atoms with Gasteiger partial charge in [-0.3, -0.25) is 9.59 Å². The van der Waals surface area contributed by atoms with Crippen LogP contribution in [0.15, 0.2) is 163 Å². The molecule has 12 heteroatoms. The first kappa shape index (κ1) is 45.6. The van der Waals surface area contributed by atoms with Crippen molar-refractivity contribution in [3.63, 3.8) is 0 Å². The Labute approximate surface area is 398 Å². The molecule has 340 valence electrons. The molecule has 3 amide bonds. The Morgan fingerprint density at radius 1 is 0.821 bits per heavy atom. The summed E-state index contributed by atoms with van der Waals surface area (Å²) in [5.74, 6) is -1.84. The number of fused-ring (bicyclic) bond motifs is 3. The van der Waals surface area contributed by atoms with Crippen LogP contribution in [0.3, 0.4) is 0 Å². The summed E-state index contributed by atoms with van der Waals surface area (Å²) in [7, 11) is 0. The third kappa shape index (κ3) is 9.13. The van der Waals surface area contributed by atoms with Gasteiger partial charge in [0.25, 0.3) is 0 Å². The smallest absolute Gasteiger partial charge is 0.407 e. The molecule has 0 saturated carbocycles. The van der Waals surface area contributed by atoms with E-state index in [1.807, 2.05) is 112 Å². The lowest BCUT2D eigenvalue weighted by molar-refractivity contribution is -0.140. The first-order chi connectivity index (χ1) is 32.4. The fraction of sp³-hybridized carbons (Fsp3) is 0.236. The molecule has 0 unspecified atom stereocenters. The molecule has 6 aromatic carbocycles. The normalized spacial score (nSPS) is 16.2. The van der Waals surface area contributed by atoms with Crippen LogP contribution in [0.1, 0.15) is 65.3 Å². The average molecular weight is 931 g/mol. The zero-order valence-electron chi connectivity index (χ0n) is 37.4. The number of benzene rings is 6. The summed E-state index contributed by atoms with van der Waals surface area (Å²) in [4.78, 5) is 50.5. The molecule has 7 aromatic rings. The van der Waals surface area contributed by atoms with Gasteiger partial charge in [0.1, 0.15) is 24.5 Å². The van der Waals surface area contributed by atoms with Crippen molar-refractivity contribution in [2.24, 2.45) is 0 Å². The summed E-state index contributed by atoms with van der Waals surface area (Å²) in [5.41, 5.74) is 10.6. The topological polar surface area (TPSA) is 121 Å². The number of alkyl carbamates (subject to hydrolysis) is 1. The van der Waals surface area contributed by atoms with Gasteiger partial charge in [0.05, 0.1) is 26.9 Å². The Hall–Kier alpha value is -6.60. The van der Waals surface area contributed by atoms with Gasteiger partial charge in [-0.15, -0.1) is 23.1 Å². The molecular weight excluding hydrogens is 880 g/mol. The number of nitrogens with zero attached hydrogens (tertiary/aromatic N) is 2. The minimum atomic E-state index is -1.29. The van der Waals surface area contributed by atoms with Crippen molar-refractivity contribution < 1.29 is 28.6 Å². The van der Waals surface area contributed by atoms with Gasteiger partial charge in [-0.25, -0.2) is 14.2 Å². The molecule has 1 fully saturated rings. The van der Waals surface area contributed by atoms with Gasteiger partial charge in [0.15, 0.2) is 0 Å². The standard InChI is InChI=1S/C55H51FN4O5S2/c1-35-49(66-34-58-35)36-27-28-37(47(56)29-36)31-57-51(62)48-30-41(61)32-60(48)52(63)50(59-53(64)65-33-46-44-25-15-13-23-42(44)43-24-14-16-26-45(43)46)54(2,3)67-55(38-17-7-4-8-18-38,39-19-9-5-10-20-39)40-21-11-6-12-22-40/h4-29,34,41,46,48,50,61H,30-33H2,1-3H3,(H,57,62)(H,59,64)/t41-,48-,50-/m1/s1. The highest BCUT2D eigenvalue weighted by atomic mass is 32.2. The number of carbonyl (C=O) groups is 3. The molecule has 2 heterocycles. The summed E-state index contributed by atoms with van der Waals surface area (Å²) in [6.45, 7) is 5.41. The van der Waals surface area contributed by atoms with Crippen molar-refractivity contribution in [3.8, 4) is 21.6 Å². The zero-order valence-corrected chi connectivity index (χ0v) is 39.0. The second-order valence-electron chi connectivity index (χ2n) is 17.6. The number of halogens is 1. The lowest BCUT2D eigenvalue weighted by atomic mass is 9.84. The van der Waals surface area contributed by atoms with Crippen molar-refractivity contribution in [1.29, 1.82) is 0 Å². The maximum atomic E-state index is 15.5. The molecule has 0 bridgehead atoms. The fourth-order valence-electron chi connectivity index (χ4n) is 9.62. The van der Waals surface area contributed by atoms with E-state index in [4.69, 9.17) is 4.74 Å². The molecule has 3 atom stereocenters. The van der Waals surface area contributed by atoms with E-state index in [1.54, 1.807) is 17.6 Å². The predicted molar refractivity (Wildman–Crippen MR) is 263 cm³/mol. The molecule has 67 heavy (non-hydrogen) atoms. The molecule has 2 aliphatic rings. The number of hydrogen-bond donors (Lipinski definition) is 3. The molecule has 0 spiro atoms. The van der Waals surface area contributed by atoms with Crippen molar-refractivity contribution >= 4 is 41.0 Å². The molecule has 3 N–H and O–H groups in total. The zero-order chi connectivity index (χ0) is 46.7. The molecule has 9 rings (SSSR count). The fourth-order valence-corrected chi connectivity index (χ4v) is 12.3. The third-order valence-electron chi connectivity index (χ3n) is 12.9. The van der Waals surface area contributed by atoms with Crippen LogP contribution < -0.4 is 10.6 Å². The summed E-state index contributed by atoms with van der Waals surface area (Å²) in [6, 6.07) is 48.7. The molecule has 1 saturated heterocycles. The number of likely N-dealkylation sites (tertiary alicyclic amines) is 1. The highest BCUT2D eigenvalue weighted by molar-refractivity contribution is 8.02. The number of rotatable bonds is 14. The van der Waals surface area contributed by atoms with Crippen molar-refractivity contribution in [2.75, 3.05) is 13.2 Å². The van der Waals surface area contributed by atoms with E-state index in [-0.39, 0.29) is 37.6 Å². The second kappa shape index (κ2) is 19.3. The number of β-amino-alcohol motifs (C(OH)–C–C–N with tert-alkyl or cyclic N) is 1. The van der Waals surface area contributed by atoms with Crippen LogP contribution in [0.4, 0.5) is 9.18 Å². The molecular formula is C55H51FN4O5S2. The Bertz CT molecular complexity index is 2750. The van der Waals surface area contributed by atoms with Gasteiger partial charge in [-0.1, -0.05) is 152 Å². The Balaban J connectivity index is 1.04. The maximum Gasteiger partial charge on any atom is 0.407 e. The highest BCUT2D eigenvalue weighted by Gasteiger charge is 2.51. The van der Waals surface area contributed by atoms with Gasteiger partial charge in [-0.2, -0.15) is 0 Å². The molecule has 1 aliphatic heterocycles. The lowest BCUT2D eigenvalue weighted by Crippen LogP contribution is -2.60. The van der Waals surface area contributed by atoms with Gasteiger partial charge in [0, 0.05) is 35.7 Å². The minimum Gasteiger partial charge on any atom is -0.449 e. The maximum absolute atomic E-state index is 15.5. The summed E-state index contributed by atoms with van der Waals surface area (Å²) >= 11 is 2.93. The number of aryl methyl sites for hydroxylation is 1. The number of thioether (sulfide) groups is 1. The summed E-state index contributed by atoms with van der Waals surface area (Å²) in [5, 5.41) is 17.0. The van der Waals surface area contributed by atoms with Crippen LogP contribution in [-0.2, 0) is 25.6 Å². The predicted octanol–water partition coefficient (Wildman–Crippen LogP) is 10.2. The number of hydrogen-bond acceptors (Lipinski definition) is 8. The largest absolute Gasteiger partial charge is 0.449 e. The van der Waals surface area contributed by atoms with E-state index in [2.05, 4.69) is 64.1 Å². The van der Waals surface area contributed by atoms with Crippen molar-refractivity contribution in [3.05, 3.63) is 208 Å². The van der Waals surface area contributed by atoms with Gasteiger partial charge >= 0.3 is 6.09 Å². The second-order valence-corrected chi connectivity index (χ2v) is 20.3. The summed E-state index contributed by atoms with van der Waals surface area (Å²) < 4.78 is 19.6. The number of ether oxygens (including phenoxy) is 1. The number of carbonyl (C=O) groups excluding carboxylic acids is 3. The minimum absolute atomic E-state index is 0.0190. The van der Waals surface area contributed by atoms with E-state index >= 15 is 9.18 Å². The van der Waals surface area contributed by atoms with Crippen LogP contribution in [0, 0.1) is 12.7 Å². The summed E-state index contributed by atoms with van der Waals surface area (Å²) in [6.07, 6.45) is -1.87. The SMILES string of the molecule is Cc1ncsc1-c1ccc(CNC(=O)[C@H]2C[C@@H](O)CN2C(=O)[C@@H](NC(=O)OCC2c3ccccc3-c3ccccc32)C(C)(C)SC(c2ccccc2)(c2ccccc2)c2ccccc2)c(F)c1. The number of aliphatic hydroxyl groups is 1. The van der Waals surface area contributed by atoms with Crippen LogP contribution in [0.2, 0.25) is 0 Å². The monoisotopic (exact) mass is 930 g/mol. The number of aliphatic hydroxyl groups excluding tert-OH is 1. The van der Waals surface area contributed by atoms with E-state index in [0.29, 0.717) is 5.56 Å². The lowest BCUT2D eigenvalue weighted by Gasteiger charge is -2.45. The first-order valence-electron chi connectivity index (χ1n) is 22.4. The van der Waals surface area contributed by atoms with Gasteiger partial charge in [-0.05, 0) is 71.3 Å². The Kier molecular flexibility index (Phi) is 13.1. The van der Waals surface area contributed by atoms with E-state index < -0.39 is 51.4 Å². The number of thiazole rings is 1. The highest BCUT2D eigenvalue weighted by Crippen LogP contribution is 2.54. The molecule has 1 aliphatic carbocycles. The molecule has 0 radical (unpaired) electrons. The van der Waals surface area contributed by atoms with Crippen molar-refractivity contribution in [2.45, 2.75) is 67.3 Å².